The van der Waals surface area contributed by atoms with Crippen molar-refractivity contribution in [3.63, 3.8) is 0 Å². The zero-order valence-electron chi connectivity index (χ0n) is 10.8. The van der Waals surface area contributed by atoms with Gasteiger partial charge in [0.05, 0.1) is 0 Å². The SMILES string of the molecule is CC.Cc1ccc(C(C)C)cc1C1CC1. The van der Waals surface area contributed by atoms with Gasteiger partial charge < -0.3 is 0 Å². The monoisotopic (exact) mass is 204 g/mol. The Morgan fingerprint density at radius 2 is 1.73 bits per heavy atom. The highest BCUT2D eigenvalue weighted by molar-refractivity contribution is 5.37. The van der Waals surface area contributed by atoms with Crippen LogP contribution in [-0.2, 0) is 0 Å². The lowest BCUT2D eigenvalue weighted by Crippen LogP contribution is -1.92. The van der Waals surface area contributed by atoms with Crippen molar-refractivity contribution in [2.75, 3.05) is 0 Å². The number of benzene rings is 1. The summed E-state index contributed by atoms with van der Waals surface area (Å²) in [6, 6.07) is 6.96. The van der Waals surface area contributed by atoms with E-state index in [4.69, 9.17) is 0 Å². The van der Waals surface area contributed by atoms with Gasteiger partial charge in [-0.3, -0.25) is 0 Å². The standard InChI is InChI=1S/C13H18.C2H6/c1-9(2)12-5-4-10(3)13(8-12)11-6-7-11;1-2/h4-5,8-9,11H,6-7H2,1-3H3;1-2H3. The molecule has 1 aliphatic carbocycles. The topological polar surface area (TPSA) is 0 Å². The maximum atomic E-state index is 2.41. The normalized spacial score (nSPS) is 14.8. The molecule has 0 unspecified atom stereocenters. The average molecular weight is 204 g/mol. The fourth-order valence-electron chi connectivity index (χ4n) is 1.85. The van der Waals surface area contributed by atoms with E-state index in [1.165, 1.54) is 24.0 Å². The molecule has 0 heterocycles. The molecule has 0 atom stereocenters. The van der Waals surface area contributed by atoms with E-state index >= 15 is 0 Å². The van der Waals surface area contributed by atoms with Crippen LogP contribution in [0.15, 0.2) is 18.2 Å². The van der Waals surface area contributed by atoms with Crippen LogP contribution in [0.3, 0.4) is 0 Å². The van der Waals surface area contributed by atoms with Gasteiger partial charge in [0.2, 0.25) is 0 Å². The maximum absolute atomic E-state index is 2.41. The van der Waals surface area contributed by atoms with Crippen LogP contribution in [0.25, 0.3) is 0 Å². The van der Waals surface area contributed by atoms with Crippen LogP contribution in [0.2, 0.25) is 0 Å². The number of rotatable bonds is 2. The molecule has 0 aliphatic heterocycles. The van der Waals surface area contributed by atoms with Crippen molar-refractivity contribution in [3.05, 3.63) is 34.9 Å². The quantitative estimate of drug-likeness (QED) is 0.634. The molecule has 0 radical (unpaired) electrons. The Balaban J connectivity index is 0.000000531. The average Bonchev–Trinajstić information content (AvgIpc) is 3.05. The van der Waals surface area contributed by atoms with E-state index < -0.39 is 0 Å². The number of hydrogen-bond acceptors (Lipinski definition) is 0. The Kier molecular flexibility index (Phi) is 4.38. The van der Waals surface area contributed by atoms with E-state index in [-0.39, 0.29) is 0 Å². The van der Waals surface area contributed by atoms with Crippen molar-refractivity contribution in [1.29, 1.82) is 0 Å². The second-order valence-corrected chi connectivity index (χ2v) is 4.54. The van der Waals surface area contributed by atoms with Gasteiger partial charge >= 0.3 is 0 Å². The molecule has 1 aromatic rings. The van der Waals surface area contributed by atoms with E-state index in [2.05, 4.69) is 39.0 Å². The van der Waals surface area contributed by atoms with Crippen LogP contribution in [0.4, 0.5) is 0 Å². The lowest BCUT2D eigenvalue weighted by Gasteiger charge is -2.10. The summed E-state index contributed by atoms with van der Waals surface area (Å²) in [4.78, 5) is 0. The summed E-state index contributed by atoms with van der Waals surface area (Å²) >= 11 is 0. The summed E-state index contributed by atoms with van der Waals surface area (Å²) in [5.41, 5.74) is 4.57. The second kappa shape index (κ2) is 5.34. The van der Waals surface area contributed by atoms with Crippen molar-refractivity contribution in [2.45, 2.75) is 59.3 Å². The van der Waals surface area contributed by atoms with E-state index in [9.17, 15) is 0 Å². The Labute approximate surface area is 94.7 Å². The first-order valence-electron chi connectivity index (χ1n) is 6.29. The summed E-state index contributed by atoms with van der Waals surface area (Å²) in [6.45, 7) is 10.8. The third-order valence-electron chi connectivity index (χ3n) is 2.99. The van der Waals surface area contributed by atoms with E-state index in [1.807, 2.05) is 13.8 Å². The van der Waals surface area contributed by atoms with E-state index in [0.29, 0.717) is 5.92 Å². The second-order valence-electron chi connectivity index (χ2n) is 4.54. The lowest BCUT2D eigenvalue weighted by molar-refractivity contribution is 0.860. The molecule has 2 rings (SSSR count). The van der Waals surface area contributed by atoms with Gasteiger partial charge in [0, 0.05) is 0 Å². The molecule has 1 saturated carbocycles. The summed E-state index contributed by atoms with van der Waals surface area (Å²) < 4.78 is 0. The predicted octanol–water partition coefficient (Wildman–Crippen LogP) is 5.02. The van der Waals surface area contributed by atoms with Crippen LogP contribution in [0, 0.1) is 6.92 Å². The Bertz CT molecular complexity index is 306. The molecule has 1 fully saturated rings. The Morgan fingerprint density at radius 1 is 1.13 bits per heavy atom. The third-order valence-corrected chi connectivity index (χ3v) is 2.99. The molecule has 0 heteroatoms. The first kappa shape index (κ1) is 12.3. The molecule has 1 aromatic carbocycles. The molecule has 84 valence electrons. The summed E-state index contributed by atoms with van der Waals surface area (Å²) in [7, 11) is 0. The predicted molar refractivity (Wildman–Crippen MR) is 68.6 cm³/mol. The van der Waals surface area contributed by atoms with Gasteiger partial charge in [-0.25, -0.2) is 0 Å². The zero-order chi connectivity index (χ0) is 11.4. The Morgan fingerprint density at radius 3 is 2.20 bits per heavy atom. The highest BCUT2D eigenvalue weighted by Crippen LogP contribution is 2.42. The van der Waals surface area contributed by atoms with Gasteiger partial charge in [0.25, 0.3) is 0 Å². The molecule has 0 N–H and O–H groups in total. The van der Waals surface area contributed by atoms with Crippen molar-refractivity contribution in [3.8, 4) is 0 Å². The minimum absolute atomic E-state index is 0.665. The largest absolute Gasteiger partial charge is 0.0683 e. The van der Waals surface area contributed by atoms with Crippen LogP contribution in [-0.4, -0.2) is 0 Å². The molecule has 0 saturated heterocycles. The van der Waals surface area contributed by atoms with Crippen LogP contribution in [0.5, 0.6) is 0 Å². The molecule has 15 heavy (non-hydrogen) atoms. The first-order chi connectivity index (χ1) is 7.18. The lowest BCUT2D eigenvalue weighted by atomic mass is 9.96. The molecule has 0 aromatic heterocycles. The fourth-order valence-corrected chi connectivity index (χ4v) is 1.85. The number of hydrogen-bond donors (Lipinski definition) is 0. The summed E-state index contributed by atoms with van der Waals surface area (Å²) in [6.07, 6.45) is 2.81. The highest BCUT2D eigenvalue weighted by Gasteiger charge is 2.25. The van der Waals surface area contributed by atoms with Crippen LogP contribution >= 0.6 is 0 Å². The molecular formula is C15H24. The first-order valence-corrected chi connectivity index (χ1v) is 6.29. The van der Waals surface area contributed by atoms with Gasteiger partial charge in [-0.2, -0.15) is 0 Å². The van der Waals surface area contributed by atoms with Crippen LogP contribution < -0.4 is 0 Å². The van der Waals surface area contributed by atoms with Crippen LogP contribution in [0.1, 0.15) is 69.1 Å². The fraction of sp³-hybridized carbons (Fsp3) is 0.600. The zero-order valence-corrected chi connectivity index (χ0v) is 10.8. The molecule has 1 aliphatic rings. The molecular weight excluding hydrogens is 180 g/mol. The summed E-state index contributed by atoms with van der Waals surface area (Å²) in [5, 5.41) is 0. The molecule has 0 bridgehead atoms. The minimum Gasteiger partial charge on any atom is -0.0683 e. The van der Waals surface area contributed by atoms with Gasteiger partial charge in [-0.05, 0) is 48.3 Å². The molecule has 0 spiro atoms. The maximum Gasteiger partial charge on any atom is -0.0159 e. The van der Waals surface area contributed by atoms with E-state index in [0.717, 1.165) is 5.92 Å². The molecule has 0 nitrogen and oxygen atoms in total. The number of aryl methyl sites for hydroxylation is 1. The van der Waals surface area contributed by atoms with Gasteiger partial charge in [0.15, 0.2) is 0 Å². The van der Waals surface area contributed by atoms with Gasteiger partial charge in [-0.1, -0.05) is 45.9 Å². The van der Waals surface area contributed by atoms with Gasteiger partial charge in [0.1, 0.15) is 0 Å². The summed E-state index contributed by atoms with van der Waals surface area (Å²) in [5.74, 6) is 1.55. The third kappa shape index (κ3) is 3.09. The highest BCUT2D eigenvalue weighted by atomic mass is 14.3. The minimum atomic E-state index is 0.665. The Hall–Kier alpha value is -0.780. The smallest absolute Gasteiger partial charge is 0.0159 e. The van der Waals surface area contributed by atoms with Crippen molar-refractivity contribution in [1.82, 2.24) is 0 Å². The van der Waals surface area contributed by atoms with Crippen molar-refractivity contribution in [2.24, 2.45) is 0 Å². The van der Waals surface area contributed by atoms with Crippen molar-refractivity contribution >= 4 is 0 Å². The molecule has 0 amide bonds. The van der Waals surface area contributed by atoms with E-state index in [1.54, 1.807) is 5.56 Å². The van der Waals surface area contributed by atoms with Crippen molar-refractivity contribution < 1.29 is 0 Å². The van der Waals surface area contributed by atoms with Gasteiger partial charge in [-0.15, -0.1) is 0 Å².